The molecule has 0 unspecified atom stereocenters. The van der Waals surface area contributed by atoms with Crippen LogP contribution in [0.15, 0.2) is 53.1 Å². The van der Waals surface area contributed by atoms with Gasteiger partial charge < -0.3 is 0 Å². The number of hydrogen-bond acceptors (Lipinski definition) is 2. The molecule has 0 N–H and O–H groups in total. The normalized spacial score (nSPS) is 15.8. The molecule has 0 spiro atoms. The van der Waals surface area contributed by atoms with Crippen molar-refractivity contribution in [1.29, 1.82) is 0 Å². The molecule has 2 rings (SSSR count). The molecule has 0 radical (unpaired) electrons. The number of hydrogen-bond donors (Lipinski definition) is 0. The van der Waals surface area contributed by atoms with Crippen molar-refractivity contribution in [3.63, 3.8) is 0 Å². The number of allylic oxidation sites excluding steroid dienone is 5. The molecule has 2 heteroatoms. The van der Waals surface area contributed by atoms with Gasteiger partial charge in [0.2, 0.25) is 0 Å². The number of Topliss-reactive ketones (excluding diaryl/α,β-unsaturated/α-hetero) is 1. The molecule has 2 nitrogen and oxygen atoms in total. The third kappa shape index (κ3) is 4.00. The van der Waals surface area contributed by atoms with Crippen molar-refractivity contribution in [3.05, 3.63) is 64.3 Å². The van der Waals surface area contributed by atoms with E-state index in [4.69, 9.17) is 0 Å². The number of carbonyl (C=O) groups is 2. The summed E-state index contributed by atoms with van der Waals surface area (Å²) in [6.07, 6.45) is 6.88. The Labute approximate surface area is 145 Å². The van der Waals surface area contributed by atoms with Crippen molar-refractivity contribution in [2.75, 3.05) is 0 Å². The third-order valence-corrected chi connectivity index (χ3v) is 4.13. The Hall–Kier alpha value is -2.22. The monoisotopic (exact) mass is 322 g/mol. The lowest BCUT2D eigenvalue weighted by molar-refractivity contribution is -0.114. The van der Waals surface area contributed by atoms with Crippen LogP contribution in [0, 0.1) is 10.8 Å². The molecule has 0 fully saturated rings. The van der Waals surface area contributed by atoms with Gasteiger partial charge in [0.15, 0.2) is 5.78 Å². The van der Waals surface area contributed by atoms with Crippen molar-refractivity contribution in [1.82, 2.24) is 0 Å². The zero-order valence-electron chi connectivity index (χ0n) is 15.4. The molecule has 0 atom stereocenters. The summed E-state index contributed by atoms with van der Waals surface area (Å²) in [6, 6.07) is 7.44. The third-order valence-electron chi connectivity index (χ3n) is 4.13. The predicted octanol–water partition coefficient (Wildman–Crippen LogP) is 5.41. The predicted molar refractivity (Wildman–Crippen MR) is 99.9 cm³/mol. The molecular weight excluding hydrogens is 296 g/mol. The molecule has 126 valence electrons. The molecule has 0 amide bonds. The van der Waals surface area contributed by atoms with E-state index in [1.54, 1.807) is 12.1 Å². The average Bonchev–Trinajstić information content (AvgIpc) is 2.47. The molecule has 0 saturated heterocycles. The Morgan fingerprint density at radius 2 is 1.17 bits per heavy atom. The molecule has 24 heavy (non-hydrogen) atoms. The van der Waals surface area contributed by atoms with Crippen molar-refractivity contribution in [3.8, 4) is 0 Å². The zero-order valence-corrected chi connectivity index (χ0v) is 15.4. The summed E-state index contributed by atoms with van der Waals surface area (Å²) in [5, 5.41) is 0. The standard InChI is InChI=1S/C22H26O2/c1-21(2,3)18-12-17(13-19(20(18)24)22(4,5)6)11-15-7-9-16(14-23)10-8-15/h7-14H,1-6H3. The van der Waals surface area contributed by atoms with Gasteiger partial charge in [-0.1, -0.05) is 65.8 Å². The number of ketones is 1. The van der Waals surface area contributed by atoms with Crippen molar-refractivity contribution < 1.29 is 9.59 Å². The summed E-state index contributed by atoms with van der Waals surface area (Å²) in [4.78, 5) is 23.7. The Morgan fingerprint density at radius 1 is 0.750 bits per heavy atom. The number of carbonyl (C=O) groups excluding carboxylic acids is 2. The van der Waals surface area contributed by atoms with E-state index in [2.05, 4.69) is 47.6 Å². The van der Waals surface area contributed by atoms with E-state index in [1.165, 1.54) is 0 Å². The minimum atomic E-state index is -0.206. The number of rotatable bonds is 2. The molecule has 0 saturated carbocycles. The quantitative estimate of drug-likeness (QED) is 0.682. The Balaban J connectivity index is 2.54. The van der Waals surface area contributed by atoms with Crippen LogP contribution in [0.5, 0.6) is 0 Å². The van der Waals surface area contributed by atoms with E-state index in [0.29, 0.717) is 5.56 Å². The fourth-order valence-corrected chi connectivity index (χ4v) is 2.71. The first kappa shape index (κ1) is 18.1. The van der Waals surface area contributed by atoms with E-state index >= 15 is 0 Å². The van der Waals surface area contributed by atoms with Crippen LogP contribution in [-0.4, -0.2) is 12.1 Å². The molecule has 0 aliphatic heterocycles. The van der Waals surface area contributed by atoms with Crippen LogP contribution in [0.25, 0.3) is 6.08 Å². The largest absolute Gasteiger partial charge is 0.298 e. The van der Waals surface area contributed by atoms with E-state index < -0.39 is 0 Å². The molecule has 1 aliphatic carbocycles. The summed E-state index contributed by atoms with van der Waals surface area (Å²) >= 11 is 0. The first-order valence-corrected chi connectivity index (χ1v) is 8.28. The average molecular weight is 322 g/mol. The Morgan fingerprint density at radius 3 is 1.54 bits per heavy atom. The first-order chi connectivity index (χ1) is 11.0. The van der Waals surface area contributed by atoms with Crippen LogP contribution in [0.1, 0.15) is 57.5 Å². The van der Waals surface area contributed by atoms with Gasteiger partial charge in [-0.05, 0) is 40.2 Å². The fraction of sp³-hybridized carbons (Fsp3) is 0.364. The van der Waals surface area contributed by atoms with Crippen LogP contribution in [0.3, 0.4) is 0 Å². The summed E-state index contributed by atoms with van der Waals surface area (Å²) in [5.41, 5.74) is 3.96. The fourth-order valence-electron chi connectivity index (χ4n) is 2.71. The van der Waals surface area contributed by atoms with Gasteiger partial charge in [0.05, 0.1) is 0 Å². The maximum Gasteiger partial charge on any atom is 0.186 e. The highest BCUT2D eigenvalue weighted by molar-refractivity contribution is 6.12. The van der Waals surface area contributed by atoms with Gasteiger partial charge >= 0.3 is 0 Å². The van der Waals surface area contributed by atoms with Gasteiger partial charge in [-0.2, -0.15) is 0 Å². The van der Waals surface area contributed by atoms with E-state index in [0.717, 1.165) is 28.6 Å². The van der Waals surface area contributed by atoms with Gasteiger partial charge in [-0.3, -0.25) is 9.59 Å². The van der Waals surface area contributed by atoms with Crippen molar-refractivity contribution >= 4 is 18.1 Å². The molecule has 1 aromatic carbocycles. The van der Waals surface area contributed by atoms with Crippen LogP contribution in [0.2, 0.25) is 0 Å². The molecular formula is C22H26O2. The zero-order chi connectivity index (χ0) is 18.1. The van der Waals surface area contributed by atoms with Gasteiger partial charge in [-0.15, -0.1) is 0 Å². The summed E-state index contributed by atoms with van der Waals surface area (Å²) < 4.78 is 0. The second-order valence-corrected chi connectivity index (χ2v) is 8.37. The van der Waals surface area contributed by atoms with Crippen LogP contribution in [0.4, 0.5) is 0 Å². The van der Waals surface area contributed by atoms with Crippen LogP contribution in [-0.2, 0) is 4.79 Å². The SMILES string of the molecule is CC(C)(C)C1=CC(=Cc2ccc(C=O)cc2)C=C(C(C)(C)C)C1=O. The van der Waals surface area contributed by atoms with Crippen LogP contribution >= 0.6 is 0 Å². The second-order valence-electron chi connectivity index (χ2n) is 8.37. The number of aldehydes is 1. The minimum Gasteiger partial charge on any atom is -0.298 e. The lowest BCUT2D eigenvalue weighted by Crippen LogP contribution is -2.27. The minimum absolute atomic E-state index is 0.142. The molecule has 0 heterocycles. The summed E-state index contributed by atoms with van der Waals surface area (Å²) in [5.74, 6) is 0.142. The summed E-state index contributed by atoms with van der Waals surface area (Å²) in [7, 11) is 0. The van der Waals surface area contributed by atoms with E-state index in [1.807, 2.05) is 24.3 Å². The van der Waals surface area contributed by atoms with Crippen molar-refractivity contribution in [2.24, 2.45) is 10.8 Å². The number of benzene rings is 1. The highest BCUT2D eigenvalue weighted by atomic mass is 16.1. The lowest BCUT2D eigenvalue weighted by Gasteiger charge is -2.31. The highest BCUT2D eigenvalue weighted by Gasteiger charge is 2.33. The smallest absolute Gasteiger partial charge is 0.186 e. The van der Waals surface area contributed by atoms with E-state index in [-0.39, 0.29) is 16.6 Å². The molecule has 0 aromatic heterocycles. The Bertz CT molecular complexity index is 707. The molecule has 0 bridgehead atoms. The topological polar surface area (TPSA) is 34.1 Å². The molecule has 1 aromatic rings. The highest BCUT2D eigenvalue weighted by Crippen LogP contribution is 2.39. The second kappa shape index (κ2) is 6.35. The van der Waals surface area contributed by atoms with Gasteiger partial charge in [0, 0.05) is 16.7 Å². The lowest BCUT2D eigenvalue weighted by atomic mass is 9.72. The molecule has 1 aliphatic rings. The van der Waals surface area contributed by atoms with Crippen molar-refractivity contribution in [2.45, 2.75) is 41.5 Å². The van der Waals surface area contributed by atoms with Gasteiger partial charge in [0.25, 0.3) is 0 Å². The van der Waals surface area contributed by atoms with Gasteiger partial charge in [0.1, 0.15) is 6.29 Å². The maximum absolute atomic E-state index is 12.9. The van der Waals surface area contributed by atoms with Gasteiger partial charge in [-0.25, -0.2) is 0 Å². The van der Waals surface area contributed by atoms with Crippen LogP contribution < -0.4 is 0 Å². The maximum atomic E-state index is 12.9. The summed E-state index contributed by atoms with van der Waals surface area (Å²) in [6.45, 7) is 12.4. The van der Waals surface area contributed by atoms with E-state index in [9.17, 15) is 9.59 Å². The Kier molecular flexibility index (Phi) is 4.80. The first-order valence-electron chi connectivity index (χ1n) is 8.28.